The minimum absolute atomic E-state index is 0.00476. The van der Waals surface area contributed by atoms with Crippen LogP contribution in [0.3, 0.4) is 0 Å². The fraction of sp³-hybridized carbons (Fsp3) is 0.100. The van der Waals surface area contributed by atoms with Gasteiger partial charge in [0.2, 0.25) is 0 Å². The number of hydrogen-bond acceptors (Lipinski definition) is 6. The Bertz CT molecular complexity index is 1200. The summed E-state index contributed by atoms with van der Waals surface area (Å²) in [5.41, 5.74) is 0.368. The number of rotatable bonds is 7. The molecule has 2 N–H and O–H groups in total. The summed E-state index contributed by atoms with van der Waals surface area (Å²) in [6.45, 7) is 0. The maximum Gasteiger partial charge on any atom is 0.261 e. The van der Waals surface area contributed by atoms with Crippen molar-refractivity contribution in [3.05, 3.63) is 70.5 Å². The van der Waals surface area contributed by atoms with Crippen LogP contribution in [0.25, 0.3) is 0 Å². The second-order valence-electron chi connectivity index (χ2n) is 6.14. The molecule has 1 amide bonds. The number of nitrogens with one attached hydrogen (secondary N) is 2. The Morgan fingerprint density at radius 3 is 2.19 bits per heavy atom. The molecule has 3 rings (SSSR count). The van der Waals surface area contributed by atoms with Crippen LogP contribution in [-0.2, 0) is 10.0 Å². The summed E-state index contributed by atoms with van der Waals surface area (Å²) >= 11 is 11.6. The van der Waals surface area contributed by atoms with Gasteiger partial charge in [0.05, 0.1) is 42.3 Å². The van der Waals surface area contributed by atoms with E-state index in [4.69, 9.17) is 32.7 Å². The van der Waals surface area contributed by atoms with E-state index in [9.17, 15) is 13.2 Å². The number of ether oxygens (including phenoxy) is 2. The zero-order chi connectivity index (χ0) is 22.6. The third-order valence-electron chi connectivity index (χ3n) is 4.12. The third kappa shape index (κ3) is 5.38. The van der Waals surface area contributed by atoms with Gasteiger partial charge in [0, 0.05) is 11.1 Å². The molecular formula is C20H17Cl2N3O5S. The number of nitrogens with zero attached hydrogens (tertiary/aromatic N) is 1. The predicted molar refractivity (Wildman–Crippen MR) is 119 cm³/mol. The number of carbonyl (C=O) groups is 1. The summed E-state index contributed by atoms with van der Waals surface area (Å²) in [4.78, 5) is 16.8. The average Bonchev–Trinajstić information content (AvgIpc) is 2.75. The molecule has 0 aliphatic rings. The smallest absolute Gasteiger partial charge is 0.261 e. The molecule has 0 aliphatic carbocycles. The zero-order valence-electron chi connectivity index (χ0n) is 16.3. The minimum Gasteiger partial charge on any atom is -0.493 e. The highest BCUT2D eigenvalue weighted by Crippen LogP contribution is 2.35. The molecule has 162 valence electrons. The number of benzene rings is 2. The van der Waals surface area contributed by atoms with Gasteiger partial charge in [-0.15, -0.1) is 0 Å². The van der Waals surface area contributed by atoms with Crippen molar-refractivity contribution in [1.82, 2.24) is 4.98 Å². The molecular weight excluding hydrogens is 465 g/mol. The van der Waals surface area contributed by atoms with Gasteiger partial charge in [-0.2, -0.15) is 0 Å². The van der Waals surface area contributed by atoms with E-state index in [0.29, 0.717) is 10.7 Å². The summed E-state index contributed by atoms with van der Waals surface area (Å²) in [7, 11) is -1.22. The monoisotopic (exact) mass is 481 g/mol. The molecule has 0 fully saturated rings. The Kier molecular flexibility index (Phi) is 6.89. The Hall–Kier alpha value is -3.01. The summed E-state index contributed by atoms with van der Waals surface area (Å²) in [6.07, 6.45) is 1.37. The molecule has 0 atom stereocenters. The van der Waals surface area contributed by atoms with Gasteiger partial charge in [-0.1, -0.05) is 23.2 Å². The van der Waals surface area contributed by atoms with Crippen molar-refractivity contribution >= 4 is 50.5 Å². The summed E-state index contributed by atoms with van der Waals surface area (Å²) in [6, 6.07) is 11.4. The lowest BCUT2D eigenvalue weighted by atomic mass is 10.1. The number of anilines is 2. The summed E-state index contributed by atoms with van der Waals surface area (Å²) in [5.74, 6) is -0.115. The topological polar surface area (TPSA) is 107 Å². The highest BCUT2D eigenvalue weighted by Gasteiger charge is 2.22. The van der Waals surface area contributed by atoms with Gasteiger partial charge in [0.1, 0.15) is 5.15 Å². The lowest BCUT2D eigenvalue weighted by Crippen LogP contribution is -2.19. The van der Waals surface area contributed by atoms with Crippen LogP contribution in [-0.4, -0.2) is 33.5 Å². The highest BCUT2D eigenvalue weighted by atomic mass is 35.5. The van der Waals surface area contributed by atoms with Crippen LogP contribution >= 0.6 is 23.2 Å². The van der Waals surface area contributed by atoms with Gasteiger partial charge in [-0.3, -0.25) is 9.52 Å². The number of halogens is 2. The van der Waals surface area contributed by atoms with Crippen LogP contribution < -0.4 is 19.5 Å². The fourth-order valence-corrected chi connectivity index (χ4v) is 3.93. The first-order valence-electron chi connectivity index (χ1n) is 8.71. The standard InChI is InChI=1S/C20H17Cl2N3O5S/c1-29-17-9-15(20(26)24-13-5-8-19(22)23-11-13)16(10-18(17)30-2)25-31(27,28)14-6-3-12(21)4-7-14/h3-11,25H,1-2H3,(H,24,26). The number of amides is 1. The lowest BCUT2D eigenvalue weighted by molar-refractivity contribution is 0.102. The Labute approximate surface area is 189 Å². The molecule has 0 radical (unpaired) electrons. The molecule has 3 aromatic rings. The van der Waals surface area contributed by atoms with Crippen molar-refractivity contribution in [2.75, 3.05) is 24.3 Å². The summed E-state index contributed by atoms with van der Waals surface area (Å²) < 4.78 is 38.6. The fourth-order valence-electron chi connectivity index (χ4n) is 2.62. The number of pyridine rings is 1. The number of aromatic nitrogens is 1. The van der Waals surface area contributed by atoms with Gasteiger partial charge >= 0.3 is 0 Å². The molecule has 0 aliphatic heterocycles. The second kappa shape index (κ2) is 9.42. The molecule has 2 aromatic carbocycles. The maximum atomic E-state index is 12.9. The van der Waals surface area contributed by atoms with E-state index in [-0.39, 0.29) is 32.8 Å². The number of hydrogen-bond donors (Lipinski definition) is 2. The van der Waals surface area contributed by atoms with Crippen LogP contribution in [0.1, 0.15) is 10.4 Å². The SMILES string of the molecule is COc1cc(NS(=O)(=O)c2ccc(Cl)cc2)c(C(=O)Nc2ccc(Cl)nc2)cc1OC. The molecule has 0 unspecified atom stereocenters. The highest BCUT2D eigenvalue weighted by molar-refractivity contribution is 7.92. The number of sulfonamides is 1. The first-order chi connectivity index (χ1) is 14.7. The second-order valence-corrected chi connectivity index (χ2v) is 8.64. The number of methoxy groups -OCH3 is 2. The van der Waals surface area contributed by atoms with Gasteiger partial charge in [0.15, 0.2) is 11.5 Å². The van der Waals surface area contributed by atoms with Crippen molar-refractivity contribution < 1.29 is 22.7 Å². The molecule has 0 saturated heterocycles. The number of carbonyl (C=O) groups excluding carboxylic acids is 1. The Morgan fingerprint density at radius 1 is 0.968 bits per heavy atom. The molecule has 1 aromatic heterocycles. The first kappa shape index (κ1) is 22.7. The van der Waals surface area contributed by atoms with E-state index in [1.807, 2.05) is 0 Å². The van der Waals surface area contributed by atoms with Crippen LogP contribution in [0, 0.1) is 0 Å². The van der Waals surface area contributed by atoms with Crippen LogP contribution in [0.2, 0.25) is 10.2 Å². The quantitative estimate of drug-likeness (QED) is 0.482. The minimum atomic E-state index is -4.02. The molecule has 8 nitrogen and oxygen atoms in total. The maximum absolute atomic E-state index is 12.9. The van der Waals surface area contributed by atoms with Gasteiger partial charge in [0.25, 0.3) is 15.9 Å². The molecule has 1 heterocycles. The zero-order valence-corrected chi connectivity index (χ0v) is 18.7. The lowest BCUT2D eigenvalue weighted by Gasteiger charge is -2.16. The van der Waals surface area contributed by atoms with Gasteiger partial charge in [-0.05, 0) is 42.5 Å². The van der Waals surface area contributed by atoms with Crippen molar-refractivity contribution in [2.24, 2.45) is 0 Å². The van der Waals surface area contributed by atoms with E-state index in [0.717, 1.165) is 0 Å². The van der Waals surface area contributed by atoms with E-state index >= 15 is 0 Å². The van der Waals surface area contributed by atoms with Gasteiger partial charge in [-0.25, -0.2) is 13.4 Å². The van der Waals surface area contributed by atoms with Gasteiger partial charge < -0.3 is 14.8 Å². The molecule has 11 heteroatoms. The van der Waals surface area contributed by atoms with E-state index in [1.165, 1.54) is 62.9 Å². The van der Waals surface area contributed by atoms with Crippen LogP contribution in [0.15, 0.2) is 59.6 Å². The van der Waals surface area contributed by atoms with Crippen molar-refractivity contribution in [3.8, 4) is 11.5 Å². The Balaban J connectivity index is 2.02. The average molecular weight is 482 g/mol. The van der Waals surface area contributed by atoms with E-state index in [2.05, 4.69) is 15.0 Å². The first-order valence-corrected chi connectivity index (χ1v) is 10.9. The van der Waals surface area contributed by atoms with Crippen molar-refractivity contribution in [2.45, 2.75) is 4.90 Å². The molecule has 0 spiro atoms. The van der Waals surface area contributed by atoms with Crippen LogP contribution in [0.5, 0.6) is 11.5 Å². The Morgan fingerprint density at radius 2 is 1.61 bits per heavy atom. The summed E-state index contributed by atoms with van der Waals surface area (Å²) in [5, 5.41) is 3.29. The van der Waals surface area contributed by atoms with Crippen LogP contribution in [0.4, 0.5) is 11.4 Å². The van der Waals surface area contributed by atoms with E-state index < -0.39 is 15.9 Å². The van der Waals surface area contributed by atoms with Crippen molar-refractivity contribution in [1.29, 1.82) is 0 Å². The van der Waals surface area contributed by atoms with Crippen molar-refractivity contribution in [3.63, 3.8) is 0 Å². The normalized spacial score (nSPS) is 11.0. The molecule has 0 saturated carbocycles. The largest absolute Gasteiger partial charge is 0.493 e. The molecule has 31 heavy (non-hydrogen) atoms. The molecule has 0 bridgehead atoms. The third-order valence-corrected chi connectivity index (χ3v) is 5.98. The predicted octanol–water partition coefficient (Wildman–Crippen LogP) is 4.46. The van der Waals surface area contributed by atoms with E-state index in [1.54, 1.807) is 6.07 Å².